The van der Waals surface area contributed by atoms with Crippen molar-refractivity contribution >= 4 is 17.5 Å². The fourth-order valence-electron chi connectivity index (χ4n) is 1.77. The molecule has 86 valence electrons. The first kappa shape index (κ1) is 11.2. The van der Waals surface area contributed by atoms with Crippen molar-refractivity contribution in [2.45, 2.75) is 19.4 Å². The van der Waals surface area contributed by atoms with Crippen LogP contribution in [-0.4, -0.2) is 11.8 Å². The second kappa shape index (κ2) is 4.67. The Morgan fingerprint density at radius 3 is 2.65 bits per heavy atom. The molecule has 2 rings (SSSR count). The van der Waals surface area contributed by atoms with E-state index >= 15 is 0 Å². The maximum absolute atomic E-state index is 11.5. The van der Waals surface area contributed by atoms with E-state index in [1.54, 1.807) is 24.3 Å². The third-order valence-corrected chi connectivity index (χ3v) is 2.54. The molecule has 0 aliphatic carbocycles. The molecule has 6 nitrogen and oxygen atoms in total. The van der Waals surface area contributed by atoms with E-state index in [1.807, 2.05) is 0 Å². The molecule has 1 fully saturated rings. The third-order valence-electron chi connectivity index (χ3n) is 2.54. The van der Waals surface area contributed by atoms with E-state index in [4.69, 9.17) is 5.53 Å². The van der Waals surface area contributed by atoms with Gasteiger partial charge in [0.1, 0.15) is 0 Å². The number of hydrogen-bond donors (Lipinski definition) is 0. The van der Waals surface area contributed by atoms with Gasteiger partial charge in [0, 0.05) is 17.8 Å². The zero-order valence-corrected chi connectivity index (χ0v) is 9.04. The summed E-state index contributed by atoms with van der Waals surface area (Å²) in [4.78, 5) is 26.9. The maximum atomic E-state index is 11.5. The van der Waals surface area contributed by atoms with Crippen LogP contribution in [-0.2, 0) is 16.1 Å². The average molecular weight is 230 g/mol. The van der Waals surface area contributed by atoms with Crippen LogP contribution in [0.5, 0.6) is 0 Å². The lowest BCUT2D eigenvalue weighted by atomic mass is 10.2. The molecule has 1 aromatic rings. The molecule has 1 aromatic carbocycles. The third kappa shape index (κ3) is 2.26. The summed E-state index contributed by atoms with van der Waals surface area (Å²) in [7, 11) is 0. The highest BCUT2D eigenvalue weighted by Crippen LogP contribution is 2.23. The highest BCUT2D eigenvalue weighted by molar-refractivity contribution is 6.19. The number of imide groups is 1. The summed E-state index contributed by atoms with van der Waals surface area (Å²) in [6, 6.07) is 6.90. The van der Waals surface area contributed by atoms with E-state index in [1.165, 1.54) is 4.90 Å². The lowest BCUT2D eigenvalue weighted by Crippen LogP contribution is -2.28. The lowest BCUT2D eigenvalue weighted by Gasteiger charge is -2.14. The largest absolute Gasteiger partial charge is 0.274 e. The Morgan fingerprint density at radius 2 is 2.00 bits per heavy atom. The molecule has 1 aliphatic rings. The first-order valence-electron chi connectivity index (χ1n) is 5.18. The smallest absolute Gasteiger partial charge is 0.234 e. The van der Waals surface area contributed by atoms with Crippen molar-refractivity contribution in [2.75, 3.05) is 4.90 Å². The molecule has 1 saturated heterocycles. The second-order valence-electron chi connectivity index (χ2n) is 3.68. The van der Waals surface area contributed by atoms with E-state index in [0.717, 1.165) is 5.56 Å². The van der Waals surface area contributed by atoms with Crippen molar-refractivity contribution in [2.24, 2.45) is 5.11 Å². The van der Waals surface area contributed by atoms with E-state index in [2.05, 4.69) is 10.0 Å². The van der Waals surface area contributed by atoms with Crippen LogP contribution in [0.4, 0.5) is 5.69 Å². The molecule has 0 saturated carbocycles. The zero-order valence-electron chi connectivity index (χ0n) is 9.04. The van der Waals surface area contributed by atoms with Crippen molar-refractivity contribution < 1.29 is 9.59 Å². The maximum Gasteiger partial charge on any atom is 0.234 e. The van der Waals surface area contributed by atoms with E-state index in [0.29, 0.717) is 5.69 Å². The van der Waals surface area contributed by atoms with E-state index < -0.39 is 0 Å². The number of benzene rings is 1. The van der Waals surface area contributed by atoms with E-state index in [9.17, 15) is 9.59 Å². The highest BCUT2D eigenvalue weighted by Gasteiger charge is 2.30. The van der Waals surface area contributed by atoms with Gasteiger partial charge in [0.25, 0.3) is 0 Å². The molecule has 0 radical (unpaired) electrons. The van der Waals surface area contributed by atoms with Gasteiger partial charge >= 0.3 is 0 Å². The fourth-order valence-corrected chi connectivity index (χ4v) is 1.77. The molecule has 1 heterocycles. The van der Waals surface area contributed by atoms with Crippen molar-refractivity contribution in [3.63, 3.8) is 0 Å². The van der Waals surface area contributed by atoms with Gasteiger partial charge in [0.05, 0.1) is 12.2 Å². The van der Waals surface area contributed by atoms with Crippen LogP contribution in [0.3, 0.4) is 0 Å². The van der Waals surface area contributed by atoms with Gasteiger partial charge in [-0.2, -0.15) is 0 Å². The predicted octanol–water partition coefficient (Wildman–Crippen LogP) is 2.15. The molecule has 0 atom stereocenters. The Hall–Kier alpha value is -2.33. The Morgan fingerprint density at radius 1 is 1.29 bits per heavy atom. The van der Waals surface area contributed by atoms with Gasteiger partial charge in [-0.1, -0.05) is 17.2 Å². The summed E-state index contributed by atoms with van der Waals surface area (Å²) in [6.45, 7) is 0.209. The number of carbonyl (C=O) groups is 2. The SMILES string of the molecule is [N-]=[N+]=NCc1cccc(N2C(=O)CCC2=O)c1. The van der Waals surface area contributed by atoms with Gasteiger partial charge in [-0.25, -0.2) is 0 Å². The number of carbonyl (C=O) groups excluding carboxylic acids is 2. The molecule has 0 spiro atoms. The summed E-state index contributed by atoms with van der Waals surface area (Å²) in [5.41, 5.74) is 9.55. The van der Waals surface area contributed by atoms with Crippen LogP contribution in [0.15, 0.2) is 29.4 Å². The molecule has 1 aliphatic heterocycles. The van der Waals surface area contributed by atoms with Gasteiger partial charge in [0.15, 0.2) is 0 Å². The Labute approximate surface area is 97.5 Å². The molecular formula is C11H10N4O2. The fraction of sp³-hybridized carbons (Fsp3) is 0.273. The van der Waals surface area contributed by atoms with Crippen molar-refractivity contribution in [1.82, 2.24) is 0 Å². The first-order valence-corrected chi connectivity index (χ1v) is 5.18. The standard InChI is InChI=1S/C11H10N4O2/c12-14-13-7-8-2-1-3-9(6-8)15-10(16)4-5-11(15)17/h1-3,6H,4-5,7H2. The molecule has 0 N–H and O–H groups in total. The summed E-state index contributed by atoms with van der Waals surface area (Å²) in [6.07, 6.45) is 0.527. The number of rotatable bonds is 3. The number of azide groups is 1. The first-order chi connectivity index (χ1) is 8.22. The van der Waals surface area contributed by atoms with Crippen molar-refractivity contribution in [3.8, 4) is 0 Å². The van der Waals surface area contributed by atoms with Gasteiger partial charge in [-0.05, 0) is 23.2 Å². The Balaban J connectivity index is 2.29. The minimum Gasteiger partial charge on any atom is -0.274 e. The summed E-state index contributed by atoms with van der Waals surface area (Å²) < 4.78 is 0. The lowest BCUT2D eigenvalue weighted by molar-refractivity contribution is -0.121. The minimum atomic E-state index is -0.184. The quantitative estimate of drug-likeness (QED) is 0.345. The van der Waals surface area contributed by atoms with Crippen LogP contribution in [0.25, 0.3) is 10.4 Å². The number of amides is 2. The Bertz CT molecular complexity index is 504. The van der Waals surface area contributed by atoms with Crippen LogP contribution in [0.2, 0.25) is 0 Å². The number of anilines is 1. The average Bonchev–Trinajstić information content (AvgIpc) is 2.67. The minimum absolute atomic E-state index is 0.184. The zero-order chi connectivity index (χ0) is 12.3. The van der Waals surface area contributed by atoms with Gasteiger partial charge in [-0.15, -0.1) is 0 Å². The Kier molecular flexibility index (Phi) is 3.07. The monoisotopic (exact) mass is 230 g/mol. The highest BCUT2D eigenvalue weighted by atomic mass is 16.2. The van der Waals surface area contributed by atoms with Crippen molar-refractivity contribution in [1.29, 1.82) is 0 Å². The molecule has 2 amide bonds. The predicted molar refractivity (Wildman–Crippen MR) is 61.0 cm³/mol. The van der Waals surface area contributed by atoms with Gasteiger partial charge < -0.3 is 0 Å². The summed E-state index contributed by atoms with van der Waals surface area (Å²) in [5.74, 6) is -0.369. The molecule has 6 heteroatoms. The van der Waals surface area contributed by atoms with Gasteiger partial charge in [0.2, 0.25) is 11.8 Å². The van der Waals surface area contributed by atoms with Crippen LogP contribution in [0.1, 0.15) is 18.4 Å². The molecular weight excluding hydrogens is 220 g/mol. The number of nitrogens with zero attached hydrogens (tertiary/aromatic N) is 4. The van der Waals surface area contributed by atoms with Crippen LogP contribution < -0.4 is 4.90 Å². The summed E-state index contributed by atoms with van der Waals surface area (Å²) in [5, 5.41) is 3.44. The van der Waals surface area contributed by atoms with E-state index in [-0.39, 0.29) is 31.2 Å². The molecule has 0 bridgehead atoms. The normalized spacial score (nSPS) is 14.9. The van der Waals surface area contributed by atoms with Crippen molar-refractivity contribution in [3.05, 3.63) is 40.3 Å². The van der Waals surface area contributed by atoms with Gasteiger partial charge in [-0.3, -0.25) is 14.5 Å². The molecule has 0 aromatic heterocycles. The van der Waals surface area contributed by atoms with Crippen LogP contribution >= 0.6 is 0 Å². The number of hydrogen-bond acceptors (Lipinski definition) is 3. The van der Waals surface area contributed by atoms with Crippen LogP contribution in [0, 0.1) is 0 Å². The molecule has 17 heavy (non-hydrogen) atoms. The topological polar surface area (TPSA) is 86.1 Å². The summed E-state index contributed by atoms with van der Waals surface area (Å²) >= 11 is 0. The second-order valence-corrected chi connectivity index (χ2v) is 3.68. The molecule has 0 unspecified atom stereocenters.